The van der Waals surface area contributed by atoms with Crippen LogP contribution in [-0.2, 0) is 21.1 Å². The van der Waals surface area contributed by atoms with Crippen molar-refractivity contribution in [2.75, 3.05) is 17.7 Å². The fourth-order valence-electron chi connectivity index (χ4n) is 2.67. The fraction of sp³-hybridized carbons (Fsp3) is 0.333. The molecule has 0 atom stereocenters. The van der Waals surface area contributed by atoms with Crippen LogP contribution in [0.2, 0.25) is 0 Å². The van der Waals surface area contributed by atoms with Crippen LogP contribution in [0, 0.1) is 0 Å². The summed E-state index contributed by atoms with van der Waals surface area (Å²) in [5, 5.41) is 2.95. The molecule has 7 heteroatoms. The van der Waals surface area contributed by atoms with Crippen LogP contribution in [0.3, 0.4) is 0 Å². The Morgan fingerprint density at radius 3 is 2.80 bits per heavy atom. The zero-order valence-electron chi connectivity index (χ0n) is 13.8. The highest BCUT2D eigenvalue weighted by Gasteiger charge is 2.16. The Morgan fingerprint density at radius 1 is 1.12 bits per heavy atom. The van der Waals surface area contributed by atoms with Crippen LogP contribution >= 0.6 is 0 Å². The van der Waals surface area contributed by atoms with E-state index in [1.807, 2.05) is 18.2 Å². The van der Waals surface area contributed by atoms with Crippen LogP contribution in [0.15, 0.2) is 47.6 Å². The van der Waals surface area contributed by atoms with Gasteiger partial charge < -0.3 is 10.1 Å². The molecule has 0 saturated carbocycles. The molecule has 25 heavy (non-hydrogen) atoms. The largest absolute Gasteiger partial charge is 0.494 e. The summed E-state index contributed by atoms with van der Waals surface area (Å²) in [5.41, 5.74) is 1.90. The zero-order valence-corrected chi connectivity index (χ0v) is 14.6. The van der Waals surface area contributed by atoms with Gasteiger partial charge in [-0.05, 0) is 55.2 Å². The average Bonchev–Trinajstić information content (AvgIpc) is 2.62. The molecule has 0 spiro atoms. The smallest absolute Gasteiger partial charge is 0.224 e. The number of aryl methyl sites for hydroxylation is 1. The summed E-state index contributed by atoms with van der Waals surface area (Å²) in [7, 11) is -3.33. The number of carbonyl (C=O) groups excluding carboxylic acids is 1. The van der Waals surface area contributed by atoms with Crippen molar-refractivity contribution in [3.63, 3.8) is 0 Å². The first-order chi connectivity index (χ1) is 12.0. The summed E-state index contributed by atoms with van der Waals surface area (Å²) in [6, 6.07) is 10.5. The molecule has 0 radical (unpaired) electrons. The summed E-state index contributed by atoms with van der Waals surface area (Å²) >= 11 is 0. The maximum Gasteiger partial charge on any atom is 0.224 e. The highest BCUT2D eigenvalue weighted by atomic mass is 32.2. The van der Waals surface area contributed by atoms with Crippen molar-refractivity contribution < 1.29 is 17.9 Å². The minimum Gasteiger partial charge on any atom is -0.494 e. The van der Waals surface area contributed by atoms with Crippen molar-refractivity contribution in [3.05, 3.63) is 48.2 Å². The molecular weight excluding hydrogens is 340 g/mol. The van der Waals surface area contributed by atoms with Crippen LogP contribution in [0.25, 0.3) is 0 Å². The van der Waals surface area contributed by atoms with Crippen LogP contribution in [-0.4, -0.2) is 31.7 Å². The van der Waals surface area contributed by atoms with Crippen LogP contribution in [0.1, 0.15) is 24.8 Å². The number of hydrogen-bond donors (Lipinski definition) is 1. The first kappa shape index (κ1) is 17.4. The maximum absolute atomic E-state index is 12.1. The van der Waals surface area contributed by atoms with E-state index in [2.05, 4.69) is 10.3 Å². The number of anilines is 1. The third kappa shape index (κ3) is 4.57. The summed E-state index contributed by atoms with van der Waals surface area (Å²) in [4.78, 5) is 15.2. The van der Waals surface area contributed by atoms with Gasteiger partial charge in [0.2, 0.25) is 5.91 Å². The monoisotopic (exact) mass is 360 g/mol. The van der Waals surface area contributed by atoms with E-state index < -0.39 is 9.84 Å². The second-order valence-corrected chi connectivity index (χ2v) is 7.97. The molecule has 3 rings (SSSR count). The second-order valence-electron chi connectivity index (χ2n) is 5.91. The number of amides is 1. The van der Waals surface area contributed by atoms with Crippen LogP contribution in [0.4, 0.5) is 5.69 Å². The van der Waals surface area contributed by atoms with Gasteiger partial charge >= 0.3 is 0 Å². The van der Waals surface area contributed by atoms with Gasteiger partial charge in [-0.1, -0.05) is 6.07 Å². The Morgan fingerprint density at radius 2 is 2.00 bits per heavy atom. The first-order valence-corrected chi connectivity index (χ1v) is 9.89. The standard InChI is InChI=1S/C18H20N2O4S/c21-17-9-6-14-13-15(7-8-16(14)20-17)24-11-3-4-12-25(22,23)18-5-1-2-10-19-18/h1-2,5,7-8,10,13H,3-4,6,9,11-12H2,(H,20,21). The quantitative estimate of drug-likeness (QED) is 0.767. The Hall–Kier alpha value is -2.41. The minimum atomic E-state index is -3.33. The lowest BCUT2D eigenvalue weighted by Gasteiger charge is -2.17. The molecule has 1 aliphatic heterocycles. The third-order valence-electron chi connectivity index (χ3n) is 4.00. The molecular formula is C18H20N2O4S. The normalized spacial score (nSPS) is 13.8. The first-order valence-electron chi connectivity index (χ1n) is 8.24. The molecule has 6 nitrogen and oxygen atoms in total. The predicted octanol–water partition coefficient (Wildman–Crippen LogP) is 2.60. The number of carbonyl (C=O) groups is 1. The average molecular weight is 360 g/mol. The van der Waals surface area contributed by atoms with E-state index >= 15 is 0 Å². The molecule has 1 amide bonds. The molecule has 1 N–H and O–H groups in total. The number of nitrogens with one attached hydrogen (secondary N) is 1. The van der Waals surface area contributed by atoms with Crippen molar-refractivity contribution in [1.29, 1.82) is 0 Å². The Labute approximate surface area is 147 Å². The van der Waals surface area contributed by atoms with Crippen molar-refractivity contribution in [3.8, 4) is 5.75 Å². The van der Waals surface area contributed by atoms with Gasteiger partial charge in [0.15, 0.2) is 14.9 Å². The van der Waals surface area contributed by atoms with Crippen LogP contribution in [0.5, 0.6) is 5.75 Å². The number of pyridine rings is 1. The molecule has 0 saturated heterocycles. The van der Waals surface area contributed by atoms with Gasteiger partial charge in [0.1, 0.15) is 5.75 Å². The lowest BCUT2D eigenvalue weighted by molar-refractivity contribution is -0.116. The summed E-state index contributed by atoms with van der Waals surface area (Å²) in [6.07, 6.45) is 3.83. The molecule has 0 bridgehead atoms. The Kier molecular flexibility index (Phi) is 5.33. The molecule has 0 fully saturated rings. The number of hydrogen-bond acceptors (Lipinski definition) is 5. The number of nitrogens with zero attached hydrogens (tertiary/aromatic N) is 1. The van der Waals surface area contributed by atoms with E-state index in [1.165, 1.54) is 12.3 Å². The van der Waals surface area contributed by atoms with Crippen molar-refractivity contribution in [2.24, 2.45) is 0 Å². The molecule has 1 aliphatic rings. The zero-order chi connectivity index (χ0) is 17.7. The van der Waals surface area contributed by atoms with Crippen LogP contribution < -0.4 is 10.1 Å². The fourth-order valence-corrected chi connectivity index (χ4v) is 3.97. The van der Waals surface area contributed by atoms with Gasteiger partial charge in [-0.25, -0.2) is 13.4 Å². The molecule has 2 aromatic rings. The summed E-state index contributed by atoms with van der Waals surface area (Å²) in [5.74, 6) is 0.835. The molecule has 0 unspecified atom stereocenters. The highest BCUT2D eigenvalue weighted by molar-refractivity contribution is 7.91. The number of benzene rings is 1. The van der Waals surface area contributed by atoms with Gasteiger partial charge in [-0.2, -0.15) is 0 Å². The topological polar surface area (TPSA) is 85.4 Å². The van der Waals surface area contributed by atoms with Crippen molar-refractivity contribution in [1.82, 2.24) is 4.98 Å². The number of aromatic nitrogens is 1. The SMILES string of the molecule is O=C1CCc2cc(OCCCCS(=O)(=O)c3ccccn3)ccc2N1. The van der Waals surface area contributed by atoms with E-state index in [4.69, 9.17) is 4.74 Å². The van der Waals surface area contributed by atoms with Gasteiger partial charge in [0.25, 0.3) is 0 Å². The maximum atomic E-state index is 12.1. The van der Waals surface area contributed by atoms with E-state index in [0.29, 0.717) is 32.3 Å². The molecule has 132 valence electrons. The lowest BCUT2D eigenvalue weighted by atomic mass is 10.0. The molecule has 0 aliphatic carbocycles. The molecule has 1 aromatic heterocycles. The Balaban J connectivity index is 1.45. The summed E-state index contributed by atoms with van der Waals surface area (Å²) < 4.78 is 29.9. The number of unbranched alkanes of at least 4 members (excludes halogenated alkanes) is 1. The number of fused-ring (bicyclic) bond motifs is 1. The van der Waals surface area contributed by atoms with Gasteiger partial charge in [-0.15, -0.1) is 0 Å². The minimum absolute atomic E-state index is 0.0373. The van der Waals surface area contributed by atoms with Gasteiger partial charge in [0, 0.05) is 18.3 Å². The lowest BCUT2D eigenvalue weighted by Crippen LogP contribution is -2.18. The second kappa shape index (κ2) is 7.65. The van der Waals surface area contributed by atoms with Crippen molar-refractivity contribution in [2.45, 2.75) is 30.7 Å². The van der Waals surface area contributed by atoms with Crippen molar-refractivity contribution >= 4 is 21.4 Å². The Bertz CT molecular complexity index is 851. The number of rotatable bonds is 7. The van der Waals surface area contributed by atoms with E-state index in [9.17, 15) is 13.2 Å². The molecule has 1 aromatic carbocycles. The van der Waals surface area contributed by atoms with E-state index in [-0.39, 0.29) is 16.7 Å². The number of ether oxygens (including phenoxy) is 1. The summed E-state index contributed by atoms with van der Waals surface area (Å²) in [6.45, 7) is 0.447. The van der Waals surface area contributed by atoms with Gasteiger partial charge in [0.05, 0.1) is 12.4 Å². The van der Waals surface area contributed by atoms with E-state index in [1.54, 1.807) is 12.1 Å². The van der Waals surface area contributed by atoms with Gasteiger partial charge in [-0.3, -0.25) is 4.79 Å². The number of sulfone groups is 1. The van der Waals surface area contributed by atoms with E-state index in [0.717, 1.165) is 17.0 Å². The third-order valence-corrected chi connectivity index (χ3v) is 5.71. The molecule has 2 heterocycles. The predicted molar refractivity (Wildman–Crippen MR) is 94.4 cm³/mol. The highest BCUT2D eigenvalue weighted by Crippen LogP contribution is 2.26.